The molecule has 1 aliphatic carbocycles. The van der Waals surface area contributed by atoms with Crippen LogP contribution in [0.3, 0.4) is 0 Å². The lowest BCUT2D eigenvalue weighted by atomic mass is 10.2. The Morgan fingerprint density at radius 1 is 1.18 bits per heavy atom. The number of amides is 1. The third-order valence-electron chi connectivity index (χ3n) is 4.86. The van der Waals surface area contributed by atoms with E-state index in [4.69, 9.17) is 4.74 Å². The summed E-state index contributed by atoms with van der Waals surface area (Å²) >= 11 is 0. The lowest BCUT2D eigenvalue weighted by molar-refractivity contribution is -0.135. The maximum atomic E-state index is 12.3. The number of ether oxygens (including phenoxy) is 1. The molecular formula is C18H26N2O2. The van der Waals surface area contributed by atoms with Crippen molar-refractivity contribution in [2.24, 2.45) is 0 Å². The van der Waals surface area contributed by atoms with Gasteiger partial charge >= 0.3 is 0 Å². The van der Waals surface area contributed by atoms with Crippen molar-refractivity contribution in [3.05, 3.63) is 29.8 Å². The first-order chi connectivity index (χ1) is 10.7. The number of carbonyl (C=O) groups excluding carboxylic acids is 1. The van der Waals surface area contributed by atoms with Crippen LogP contribution in [0.2, 0.25) is 0 Å². The highest BCUT2D eigenvalue weighted by atomic mass is 16.5. The van der Waals surface area contributed by atoms with Gasteiger partial charge in [0.15, 0.2) is 6.61 Å². The standard InChI is InChI=1S/C18H26N2O2/c1-15-5-4-8-17(13-15)22-14-18(21)20-11-9-19(10-12-20)16-6-2-3-7-16/h4-5,8,13,16H,2-3,6-7,9-12,14H2,1H3. The molecule has 4 nitrogen and oxygen atoms in total. The van der Waals surface area contributed by atoms with Crippen LogP contribution in [0.1, 0.15) is 31.2 Å². The highest BCUT2D eigenvalue weighted by molar-refractivity contribution is 5.77. The molecule has 1 amide bonds. The van der Waals surface area contributed by atoms with Crippen LogP contribution in [-0.4, -0.2) is 54.5 Å². The summed E-state index contributed by atoms with van der Waals surface area (Å²) in [6.07, 6.45) is 5.41. The second kappa shape index (κ2) is 7.14. The van der Waals surface area contributed by atoms with Gasteiger partial charge in [-0.1, -0.05) is 25.0 Å². The quantitative estimate of drug-likeness (QED) is 0.856. The van der Waals surface area contributed by atoms with E-state index < -0.39 is 0 Å². The third-order valence-corrected chi connectivity index (χ3v) is 4.86. The van der Waals surface area contributed by atoms with Crippen LogP contribution in [0.15, 0.2) is 24.3 Å². The van der Waals surface area contributed by atoms with Gasteiger partial charge < -0.3 is 9.64 Å². The maximum Gasteiger partial charge on any atom is 0.260 e. The molecule has 2 aliphatic rings. The van der Waals surface area contributed by atoms with Gasteiger partial charge in [-0.25, -0.2) is 0 Å². The van der Waals surface area contributed by atoms with Crippen LogP contribution >= 0.6 is 0 Å². The first-order valence-electron chi connectivity index (χ1n) is 8.44. The van der Waals surface area contributed by atoms with Gasteiger partial charge in [0.05, 0.1) is 0 Å². The molecule has 1 saturated carbocycles. The molecule has 3 rings (SSSR count). The van der Waals surface area contributed by atoms with Gasteiger partial charge in [-0.3, -0.25) is 9.69 Å². The van der Waals surface area contributed by atoms with Crippen LogP contribution in [0.4, 0.5) is 0 Å². The largest absolute Gasteiger partial charge is 0.484 e. The van der Waals surface area contributed by atoms with E-state index in [1.54, 1.807) is 0 Å². The molecule has 22 heavy (non-hydrogen) atoms. The number of rotatable bonds is 4. The van der Waals surface area contributed by atoms with Crippen molar-refractivity contribution in [1.29, 1.82) is 0 Å². The first-order valence-corrected chi connectivity index (χ1v) is 8.44. The number of nitrogens with zero attached hydrogens (tertiary/aromatic N) is 2. The van der Waals surface area contributed by atoms with Crippen molar-refractivity contribution in [3.8, 4) is 5.75 Å². The summed E-state index contributed by atoms with van der Waals surface area (Å²) in [4.78, 5) is 16.8. The zero-order valence-electron chi connectivity index (χ0n) is 13.5. The zero-order valence-corrected chi connectivity index (χ0v) is 13.5. The highest BCUT2D eigenvalue weighted by Gasteiger charge is 2.27. The summed E-state index contributed by atoms with van der Waals surface area (Å²) < 4.78 is 5.62. The van der Waals surface area contributed by atoms with Crippen molar-refractivity contribution in [1.82, 2.24) is 9.80 Å². The summed E-state index contributed by atoms with van der Waals surface area (Å²) in [5, 5.41) is 0. The van der Waals surface area contributed by atoms with Gasteiger partial charge in [0, 0.05) is 32.2 Å². The summed E-state index contributed by atoms with van der Waals surface area (Å²) in [5.74, 6) is 0.880. The SMILES string of the molecule is Cc1cccc(OCC(=O)N2CCN(C3CCCC3)CC2)c1. The molecular weight excluding hydrogens is 276 g/mol. The predicted octanol–water partition coefficient (Wildman–Crippen LogP) is 2.46. The Hall–Kier alpha value is -1.55. The van der Waals surface area contributed by atoms with Crippen molar-refractivity contribution in [2.75, 3.05) is 32.8 Å². The van der Waals surface area contributed by atoms with E-state index in [9.17, 15) is 4.79 Å². The van der Waals surface area contributed by atoms with E-state index in [0.717, 1.165) is 43.5 Å². The van der Waals surface area contributed by atoms with E-state index in [0.29, 0.717) is 0 Å². The Morgan fingerprint density at radius 2 is 1.91 bits per heavy atom. The van der Waals surface area contributed by atoms with Gasteiger partial charge in [-0.15, -0.1) is 0 Å². The van der Waals surface area contributed by atoms with Gasteiger partial charge in [0.1, 0.15) is 5.75 Å². The summed E-state index contributed by atoms with van der Waals surface area (Å²) in [6.45, 7) is 5.88. The molecule has 2 fully saturated rings. The fourth-order valence-electron chi connectivity index (χ4n) is 3.55. The van der Waals surface area contributed by atoms with Crippen LogP contribution in [0, 0.1) is 6.92 Å². The molecule has 4 heteroatoms. The van der Waals surface area contributed by atoms with Crippen molar-refractivity contribution in [2.45, 2.75) is 38.6 Å². The molecule has 0 spiro atoms. The summed E-state index contributed by atoms with van der Waals surface area (Å²) in [5.41, 5.74) is 1.15. The van der Waals surface area contributed by atoms with Crippen LogP contribution < -0.4 is 4.74 Å². The molecule has 0 bridgehead atoms. The lowest BCUT2D eigenvalue weighted by Gasteiger charge is -2.38. The summed E-state index contributed by atoms with van der Waals surface area (Å²) in [6, 6.07) is 8.61. The minimum absolute atomic E-state index is 0.104. The zero-order chi connectivity index (χ0) is 15.4. The Bertz CT molecular complexity index is 504. The Kier molecular flexibility index (Phi) is 4.98. The van der Waals surface area contributed by atoms with E-state index in [1.807, 2.05) is 36.1 Å². The normalized spacial score (nSPS) is 20.3. The Morgan fingerprint density at radius 3 is 2.59 bits per heavy atom. The lowest BCUT2D eigenvalue weighted by Crippen LogP contribution is -2.52. The number of benzene rings is 1. The first kappa shape index (κ1) is 15.3. The average molecular weight is 302 g/mol. The molecule has 0 radical (unpaired) electrons. The van der Waals surface area contributed by atoms with E-state index in [2.05, 4.69) is 4.90 Å². The van der Waals surface area contributed by atoms with Crippen molar-refractivity contribution < 1.29 is 9.53 Å². The van der Waals surface area contributed by atoms with Gasteiger partial charge in [0.2, 0.25) is 0 Å². The monoisotopic (exact) mass is 302 g/mol. The number of hydrogen-bond donors (Lipinski definition) is 0. The topological polar surface area (TPSA) is 32.8 Å². The Labute approximate surface area is 133 Å². The van der Waals surface area contributed by atoms with E-state index >= 15 is 0 Å². The third kappa shape index (κ3) is 3.80. The molecule has 1 aromatic rings. The second-order valence-electron chi connectivity index (χ2n) is 6.46. The number of hydrogen-bond acceptors (Lipinski definition) is 3. The second-order valence-corrected chi connectivity index (χ2v) is 6.46. The molecule has 120 valence electrons. The smallest absolute Gasteiger partial charge is 0.260 e. The molecule has 0 atom stereocenters. The van der Waals surface area contributed by atoms with Gasteiger partial charge in [0.25, 0.3) is 5.91 Å². The van der Waals surface area contributed by atoms with Crippen molar-refractivity contribution >= 4 is 5.91 Å². The maximum absolute atomic E-state index is 12.3. The molecule has 1 saturated heterocycles. The van der Waals surface area contributed by atoms with Crippen LogP contribution in [-0.2, 0) is 4.79 Å². The number of carbonyl (C=O) groups is 1. The molecule has 0 N–H and O–H groups in total. The van der Waals surface area contributed by atoms with E-state index in [-0.39, 0.29) is 12.5 Å². The fraction of sp³-hybridized carbons (Fsp3) is 0.611. The van der Waals surface area contributed by atoms with Gasteiger partial charge in [-0.05, 0) is 37.5 Å². The Balaban J connectivity index is 1.43. The molecule has 1 aromatic carbocycles. The number of piperazine rings is 1. The fourth-order valence-corrected chi connectivity index (χ4v) is 3.55. The molecule has 1 heterocycles. The molecule has 0 unspecified atom stereocenters. The van der Waals surface area contributed by atoms with E-state index in [1.165, 1.54) is 25.7 Å². The van der Waals surface area contributed by atoms with Gasteiger partial charge in [-0.2, -0.15) is 0 Å². The van der Waals surface area contributed by atoms with Crippen LogP contribution in [0.5, 0.6) is 5.75 Å². The number of aryl methyl sites for hydroxylation is 1. The minimum atomic E-state index is 0.104. The van der Waals surface area contributed by atoms with Crippen LogP contribution in [0.25, 0.3) is 0 Å². The molecule has 1 aliphatic heterocycles. The predicted molar refractivity (Wildman–Crippen MR) is 87.1 cm³/mol. The highest BCUT2D eigenvalue weighted by Crippen LogP contribution is 2.24. The summed E-state index contributed by atoms with van der Waals surface area (Å²) in [7, 11) is 0. The minimum Gasteiger partial charge on any atom is -0.484 e. The molecule has 0 aromatic heterocycles. The average Bonchev–Trinajstić information content (AvgIpc) is 3.07. The van der Waals surface area contributed by atoms with Crippen molar-refractivity contribution in [3.63, 3.8) is 0 Å².